The summed E-state index contributed by atoms with van der Waals surface area (Å²) in [6.45, 7) is 4.53. The topological polar surface area (TPSA) is 58.4 Å². The van der Waals surface area contributed by atoms with Gasteiger partial charge in [0.25, 0.3) is 5.56 Å². The maximum atomic E-state index is 12.7. The van der Waals surface area contributed by atoms with Crippen molar-refractivity contribution >= 4 is 34.1 Å². The van der Waals surface area contributed by atoms with Crippen LogP contribution in [0.2, 0.25) is 5.02 Å². The summed E-state index contributed by atoms with van der Waals surface area (Å²) >= 11 is 6.27. The highest BCUT2D eigenvalue weighted by atomic mass is 35.5. The Morgan fingerprint density at radius 3 is 2.57 bits per heavy atom. The number of amides is 1. The van der Waals surface area contributed by atoms with Crippen molar-refractivity contribution in [2.24, 2.45) is 0 Å². The molecule has 0 aliphatic carbocycles. The molecule has 2 heterocycles. The molecule has 0 radical (unpaired) electrons. The van der Waals surface area contributed by atoms with Crippen molar-refractivity contribution in [2.45, 2.75) is 13.5 Å². The third-order valence-corrected chi connectivity index (χ3v) is 5.51. The molecule has 0 unspecified atom stereocenters. The van der Waals surface area contributed by atoms with Gasteiger partial charge in [-0.1, -0.05) is 35.9 Å². The molecule has 1 aromatic heterocycles. The Morgan fingerprint density at radius 2 is 1.82 bits per heavy atom. The van der Waals surface area contributed by atoms with Crippen LogP contribution in [0.25, 0.3) is 10.9 Å². The number of anilines is 1. The molecule has 0 N–H and O–H groups in total. The van der Waals surface area contributed by atoms with Crippen LogP contribution in [0.5, 0.6) is 0 Å². The molecule has 144 valence electrons. The van der Waals surface area contributed by atoms with Gasteiger partial charge in [0.1, 0.15) is 6.54 Å². The van der Waals surface area contributed by atoms with Crippen molar-refractivity contribution in [3.05, 3.63) is 69.7 Å². The summed E-state index contributed by atoms with van der Waals surface area (Å²) in [5, 5.41) is 1.25. The van der Waals surface area contributed by atoms with Gasteiger partial charge in [-0.15, -0.1) is 0 Å². The van der Waals surface area contributed by atoms with Crippen LogP contribution >= 0.6 is 11.6 Å². The first-order chi connectivity index (χ1) is 13.5. The van der Waals surface area contributed by atoms with E-state index in [0.29, 0.717) is 42.1 Å². The summed E-state index contributed by atoms with van der Waals surface area (Å²) in [6.07, 6.45) is 1.47. The smallest absolute Gasteiger partial charge is 0.261 e. The molecular formula is C21H21ClN4O2. The minimum atomic E-state index is -0.184. The zero-order valence-electron chi connectivity index (χ0n) is 15.6. The second-order valence-electron chi connectivity index (χ2n) is 6.97. The summed E-state index contributed by atoms with van der Waals surface area (Å²) < 4.78 is 1.39. The molecule has 0 saturated carbocycles. The van der Waals surface area contributed by atoms with Crippen LogP contribution in [0.4, 0.5) is 5.69 Å². The number of fused-ring (bicyclic) bond motifs is 1. The number of para-hydroxylation sites is 2. The molecule has 4 rings (SSSR count). The number of benzene rings is 2. The Hall–Kier alpha value is -2.86. The van der Waals surface area contributed by atoms with E-state index in [4.69, 9.17) is 11.6 Å². The van der Waals surface area contributed by atoms with Gasteiger partial charge in [0, 0.05) is 26.2 Å². The van der Waals surface area contributed by atoms with E-state index in [-0.39, 0.29) is 18.0 Å². The van der Waals surface area contributed by atoms with E-state index in [1.807, 2.05) is 43.3 Å². The quantitative estimate of drug-likeness (QED) is 0.683. The van der Waals surface area contributed by atoms with Crippen molar-refractivity contribution in [3.8, 4) is 0 Å². The van der Waals surface area contributed by atoms with Gasteiger partial charge in [-0.25, -0.2) is 4.98 Å². The lowest BCUT2D eigenvalue weighted by Gasteiger charge is -2.36. The number of nitrogens with zero attached hydrogens (tertiary/aromatic N) is 4. The van der Waals surface area contributed by atoms with Crippen LogP contribution in [0.3, 0.4) is 0 Å². The Labute approximate surface area is 168 Å². The van der Waals surface area contributed by atoms with Gasteiger partial charge in [-0.2, -0.15) is 0 Å². The third kappa shape index (κ3) is 3.47. The predicted octanol–water partition coefficient (Wildman–Crippen LogP) is 2.71. The molecule has 3 aromatic rings. The average Bonchev–Trinajstić information content (AvgIpc) is 2.71. The van der Waals surface area contributed by atoms with Crippen molar-refractivity contribution in [3.63, 3.8) is 0 Å². The van der Waals surface area contributed by atoms with E-state index in [1.54, 1.807) is 11.0 Å². The molecule has 28 heavy (non-hydrogen) atoms. The summed E-state index contributed by atoms with van der Waals surface area (Å²) in [6, 6.07) is 13.2. The summed E-state index contributed by atoms with van der Waals surface area (Å²) in [5.74, 6) is -0.0743. The standard InChI is InChI=1S/C21H21ClN4O2/c1-15-5-4-6-16-20(15)23-14-26(21(16)28)13-19(27)25-11-9-24(10-12-25)18-8-3-2-7-17(18)22/h2-8,14H,9-13H2,1H3. The van der Waals surface area contributed by atoms with Crippen molar-refractivity contribution in [2.75, 3.05) is 31.1 Å². The Morgan fingerprint density at radius 1 is 1.07 bits per heavy atom. The molecule has 1 fully saturated rings. The highest BCUT2D eigenvalue weighted by molar-refractivity contribution is 6.33. The lowest BCUT2D eigenvalue weighted by atomic mass is 10.1. The van der Waals surface area contributed by atoms with Gasteiger partial charge in [-0.05, 0) is 30.7 Å². The largest absolute Gasteiger partial charge is 0.367 e. The van der Waals surface area contributed by atoms with Crippen molar-refractivity contribution in [1.29, 1.82) is 0 Å². The maximum Gasteiger partial charge on any atom is 0.261 e. The van der Waals surface area contributed by atoms with Gasteiger partial charge < -0.3 is 9.80 Å². The lowest BCUT2D eigenvalue weighted by molar-refractivity contribution is -0.132. The van der Waals surface area contributed by atoms with Crippen LogP contribution < -0.4 is 10.5 Å². The number of hydrogen-bond acceptors (Lipinski definition) is 4. The Bertz CT molecular complexity index is 1090. The third-order valence-electron chi connectivity index (χ3n) is 5.19. The molecule has 1 aliphatic rings. The molecule has 1 saturated heterocycles. The van der Waals surface area contributed by atoms with Gasteiger partial charge >= 0.3 is 0 Å². The van der Waals surface area contributed by atoms with Gasteiger partial charge in [0.05, 0.1) is 27.9 Å². The molecule has 1 amide bonds. The van der Waals surface area contributed by atoms with Crippen LogP contribution in [-0.4, -0.2) is 46.5 Å². The molecule has 0 spiro atoms. The van der Waals surface area contributed by atoms with Gasteiger partial charge in [0.2, 0.25) is 5.91 Å². The first-order valence-corrected chi connectivity index (χ1v) is 9.64. The number of hydrogen-bond donors (Lipinski definition) is 0. The van der Waals surface area contributed by atoms with Crippen LogP contribution in [0, 0.1) is 6.92 Å². The number of piperazine rings is 1. The molecule has 1 aliphatic heterocycles. The second kappa shape index (κ2) is 7.64. The monoisotopic (exact) mass is 396 g/mol. The van der Waals surface area contributed by atoms with Crippen LogP contribution in [0.15, 0.2) is 53.6 Å². The first kappa shape index (κ1) is 18.5. The van der Waals surface area contributed by atoms with Crippen LogP contribution in [0.1, 0.15) is 5.56 Å². The van der Waals surface area contributed by atoms with Crippen molar-refractivity contribution in [1.82, 2.24) is 14.5 Å². The highest BCUT2D eigenvalue weighted by Crippen LogP contribution is 2.26. The minimum Gasteiger partial charge on any atom is -0.367 e. The van der Waals surface area contributed by atoms with E-state index in [2.05, 4.69) is 9.88 Å². The number of halogens is 1. The second-order valence-corrected chi connectivity index (χ2v) is 7.38. The number of carbonyl (C=O) groups is 1. The Kier molecular flexibility index (Phi) is 5.05. The fourth-order valence-electron chi connectivity index (χ4n) is 3.60. The molecule has 0 atom stereocenters. The molecule has 6 nitrogen and oxygen atoms in total. The molecule has 2 aromatic carbocycles. The maximum absolute atomic E-state index is 12.7. The lowest BCUT2D eigenvalue weighted by Crippen LogP contribution is -2.50. The van der Waals surface area contributed by atoms with E-state index in [0.717, 1.165) is 11.3 Å². The summed E-state index contributed by atoms with van der Waals surface area (Å²) in [5.41, 5.74) is 2.44. The van der Waals surface area contributed by atoms with E-state index in [1.165, 1.54) is 10.9 Å². The van der Waals surface area contributed by atoms with Crippen LogP contribution in [-0.2, 0) is 11.3 Å². The minimum absolute atomic E-state index is 0.00179. The molecular weight excluding hydrogens is 376 g/mol. The first-order valence-electron chi connectivity index (χ1n) is 9.26. The number of aryl methyl sites for hydroxylation is 1. The SMILES string of the molecule is Cc1cccc2c(=O)n(CC(=O)N3CCN(c4ccccc4Cl)CC3)cnc12. The Balaban J connectivity index is 1.45. The zero-order valence-corrected chi connectivity index (χ0v) is 16.4. The van der Waals surface area contributed by atoms with Gasteiger partial charge in [-0.3, -0.25) is 14.2 Å². The average molecular weight is 397 g/mol. The number of carbonyl (C=O) groups excluding carboxylic acids is 1. The predicted molar refractivity (Wildman–Crippen MR) is 111 cm³/mol. The van der Waals surface area contributed by atoms with E-state index in [9.17, 15) is 9.59 Å². The molecule has 7 heteroatoms. The fourth-order valence-corrected chi connectivity index (χ4v) is 3.86. The van der Waals surface area contributed by atoms with E-state index >= 15 is 0 Å². The zero-order chi connectivity index (χ0) is 19.7. The summed E-state index contributed by atoms with van der Waals surface area (Å²) in [4.78, 5) is 33.8. The van der Waals surface area contributed by atoms with E-state index < -0.39 is 0 Å². The van der Waals surface area contributed by atoms with Gasteiger partial charge in [0.15, 0.2) is 0 Å². The molecule has 0 bridgehead atoms. The number of aromatic nitrogens is 2. The normalized spacial score (nSPS) is 14.5. The van der Waals surface area contributed by atoms with Crippen molar-refractivity contribution < 1.29 is 4.79 Å². The highest BCUT2D eigenvalue weighted by Gasteiger charge is 2.23. The summed E-state index contributed by atoms with van der Waals surface area (Å²) in [7, 11) is 0. The number of rotatable bonds is 3. The fraction of sp³-hybridized carbons (Fsp3) is 0.286.